The summed E-state index contributed by atoms with van der Waals surface area (Å²) in [5, 5.41) is 14.3. The molecule has 19 heteroatoms. The molecular formula is C17H26F5N4O8PS. The van der Waals surface area contributed by atoms with Gasteiger partial charge >= 0.3 is 18.8 Å². The molecule has 2 rings (SSSR count). The SMILES string of the molecule is CP(=O)(O)CCC(N)C(=O)O.Cn1nc(C(F)(F)F)c(CS(=O)(=O)C2=NOC(C)(C)C2)c1OC(F)F. The van der Waals surface area contributed by atoms with Crippen molar-refractivity contribution in [1.29, 1.82) is 0 Å². The third-order valence-corrected chi connectivity index (χ3v) is 7.09. The van der Waals surface area contributed by atoms with Crippen LogP contribution in [0.2, 0.25) is 0 Å². The summed E-state index contributed by atoms with van der Waals surface area (Å²) in [6.45, 7) is 0.802. The van der Waals surface area contributed by atoms with Crippen LogP contribution in [0.3, 0.4) is 0 Å². The maximum absolute atomic E-state index is 13.1. The molecule has 1 aromatic heterocycles. The Morgan fingerprint density at radius 2 is 1.92 bits per heavy atom. The first-order valence-corrected chi connectivity index (χ1v) is 13.8. The lowest BCUT2D eigenvalue weighted by Gasteiger charge is -2.13. The van der Waals surface area contributed by atoms with Crippen LogP contribution in [-0.4, -0.2) is 70.3 Å². The van der Waals surface area contributed by atoms with Gasteiger partial charge in [-0.05, 0) is 20.3 Å². The molecular weight excluding hydrogens is 546 g/mol. The van der Waals surface area contributed by atoms with Gasteiger partial charge in [-0.1, -0.05) is 5.16 Å². The Labute approximate surface area is 202 Å². The first-order valence-electron chi connectivity index (χ1n) is 9.89. The fourth-order valence-corrected chi connectivity index (χ4v) is 4.97. The number of aromatic nitrogens is 2. The van der Waals surface area contributed by atoms with E-state index in [1.165, 1.54) is 20.5 Å². The van der Waals surface area contributed by atoms with Gasteiger partial charge in [-0.3, -0.25) is 9.36 Å². The van der Waals surface area contributed by atoms with E-state index in [-0.39, 0.29) is 19.0 Å². The third-order valence-electron chi connectivity index (χ3n) is 4.39. The van der Waals surface area contributed by atoms with Crippen LogP contribution < -0.4 is 10.5 Å². The molecule has 0 aromatic carbocycles. The monoisotopic (exact) mass is 572 g/mol. The molecule has 0 saturated heterocycles. The van der Waals surface area contributed by atoms with E-state index in [0.29, 0.717) is 4.68 Å². The minimum absolute atomic E-state index is 0.0412. The second kappa shape index (κ2) is 11.4. The summed E-state index contributed by atoms with van der Waals surface area (Å²) in [6, 6.07) is -1.03. The average molecular weight is 572 g/mol. The molecule has 0 amide bonds. The van der Waals surface area contributed by atoms with Crippen LogP contribution in [0.25, 0.3) is 0 Å². The van der Waals surface area contributed by atoms with Crippen LogP contribution in [0.4, 0.5) is 22.0 Å². The van der Waals surface area contributed by atoms with Crippen LogP contribution in [0.5, 0.6) is 5.88 Å². The summed E-state index contributed by atoms with van der Waals surface area (Å²) in [6.07, 6.45) is -5.22. The molecule has 208 valence electrons. The van der Waals surface area contributed by atoms with Crippen LogP contribution in [0.1, 0.15) is 37.9 Å². The Bertz CT molecular complexity index is 1130. The molecule has 12 nitrogen and oxygen atoms in total. The predicted molar refractivity (Wildman–Crippen MR) is 116 cm³/mol. The van der Waals surface area contributed by atoms with Crippen molar-refractivity contribution in [3.8, 4) is 5.88 Å². The predicted octanol–water partition coefficient (Wildman–Crippen LogP) is 2.16. The number of carbonyl (C=O) groups is 1. The summed E-state index contributed by atoms with van der Waals surface area (Å²) in [5.74, 6) is -3.38. The average Bonchev–Trinajstić information content (AvgIpc) is 3.19. The molecule has 2 heterocycles. The van der Waals surface area contributed by atoms with Crippen molar-refractivity contribution in [2.24, 2.45) is 17.9 Å². The summed E-state index contributed by atoms with van der Waals surface area (Å²) in [4.78, 5) is 23.8. The van der Waals surface area contributed by atoms with Crippen molar-refractivity contribution in [2.75, 3.05) is 12.8 Å². The van der Waals surface area contributed by atoms with E-state index < -0.39 is 75.5 Å². The summed E-state index contributed by atoms with van der Waals surface area (Å²) >= 11 is 0. The highest BCUT2D eigenvalue weighted by Gasteiger charge is 2.43. The molecule has 4 N–H and O–H groups in total. The molecule has 1 aliphatic heterocycles. The maximum Gasteiger partial charge on any atom is 0.435 e. The van der Waals surface area contributed by atoms with Crippen molar-refractivity contribution in [2.45, 2.75) is 56.9 Å². The minimum Gasteiger partial charge on any atom is -0.480 e. The van der Waals surface area contributed by atoms with Gasteiger partial charge in [-0.2, -0.15) is 27.1 Å². The first kappa shape index (κ1) is 31.7. The molecule has 0 saturated carbocycles. The Morgan fingerprint density at radius 1 is 1.36 bits per heavy atom. The first-order chi connectivity index (χ1) is 16.1. The number of hydrogen-bond acceptors (Lipinski definition) is 9. The van der Waals surface area contributed by atoms with E-state index in [1.54, 1.807) is 0 Å². The molecule has 0 fully saturated rings. The van der Waals surface area contributed by atoms with Gasteiger partial charge in [-0.15, -0.1) is 0 Å². The number of rotatable bonds is 8. The topological polar surface area (TPSA) is 183 Å². The summed E-state index contributed by atoms with van der Waals surface area (Å²) in [7, 11) is -6.53. The smallest absolute Gasteiger partial charge is 0.435 e. The highest BCUT2D eigenvalue weighted by molar-refractivity contribution is 8.05. The number of oxime groups is 1. The van der Waals surface area contributed by atoms with E-state index in [4.69, 9.17) is 20.6 Å². The molecule has 1 aliphatic rings. The summed E-state index contributed by atoms with van der Waals surface area (Å²) in [5.41, 5.74) is 1.52. The van der Waals surface area contributed by atoms with Crippen LogP contribution in [0.15, 0.2) is 5.16 Å². The second-order valence-corrected chi connectivity index (χ2v) is 13.0. The summed E-state index contributed by atoms with van der Waals surface area (Å²) < 4.78 is 104. The van der Waals surface area contributed by atoms with Crippen molar-refractivity contribution in [3.05, 3.63) is 11.3 Å². The fourth-order valence-electron chi connectivity index (χ4n) is 2.69. The molecule has 1 aromatic rings. The lowest BCUT2D eigenvalue weighted by Crippen LogP contribution is -2.30. The molecule has 2 unspecified atom stereocenters. The van der Waals surface area contributed by atoms with Gasteiger partial charge in [0.15, 0.2) is 27.9 Å². The Balaban J connectivity index is 0.000000497. The molecule has 2 atom stereocenters. The lowest BCUT2D eigenvalue weighted by atomic mass is 10.1. The molecule has 36 heavy (non-hydrogen) atoms. The van der Waals surface area contributed by atoms with E-state index in [2.05, 4.69) is 15.0 Å². The standard InChI is InChI=1S/C12H14F5N3O4S.C5H12NO4P/c1-11(2)4-7(19-24-11)25(21,22)5-6-8(12(15,16)17)18-20(3)9(6)23-10(13)14;1-11(9,10)3-2-4(6)5(7)8/h10H,4-5H2,1-3H3;4H,2-3,6H2,1H3,(H,7,8)(H,9,10). The fraction of sp³-hybridized carbons (Fsp3) is 0.706. The van der Waals surface area contributed by atoms with Crippen LogP contribution >= 0.6 is 7.37 Å². The number of hydrogen-bond donors (Lipinski definition) is 3. The molecule has 0 spiro atoms. The molecule has 0 aliphatic carbocycles. The van der Waals surface area contributed by atoms with Crippen LogP contribution in [0, 0.1) is 0 Å². The number of aryl methyl sites for hydroxylation is 1. The van der Waals surface area contributed by atoms with Gasteiger partial charge < -0.3 is 25.3 Å². The van der Waals surface area contributed by atoms with Gasteiger partial charge in [0.1, 0.15) is 11.6 Å². The van der Waals surface area contributed by atoms with Crippen molar-refractivity contribution >= 4 is 28.2 Å². The highest BCUT2D eigenvalue weighted by Crippen LogP contribution is 2.38. The third kappa shape index (κ3) is 9.63. The Kier molecular flexibility index (Phi) is 10.0. The quantitative estimate of drug-likeness (QED) is 0.308. The Hall–Kier alpha value is -2.30. The van der Waals surface area contributed by atoms with E-state index in [9.17, 15) is 39.7 Å². The minimum atomic E-state index is -5.06. The van der Waals surface area contributed by atoms with Gasteiger partial charge in [0.05, 0.1) is 11.3 Å². The lowest BCUT2D eigenvalue weighted by molar-refractivity contribution is -0.142. The van der Waals surface area contributed by atoms with Crippen molar-refractivity contribution in [3.63, 3.8) is 0 Å². The van der Waals surface area contributed by atoms with E-state index in [0.717, 1.165) is 7.05 Å². The van der Waals surface area contributed by atoms with Crippen molar-refractivity contribution in [1.82, 2.24) is 9.78 Å². The number of nitrogens with zero attached hydrogens (tertiary/aromatic N) is 3. The van der Waals surface area contributed by atoms with E-state index in [1.807, 2.05) is 0 Å². The van der Waals surface area contributed by atoms with Gasteiger partial charge in [0.2, 0.25) is 5.88 Å². The van der Waals surface area contributed by atoms with Gasteiger partial charge in [0.25, 0.3) is 0 Å². The van der Waals surface area contributed by atoms with E-state index >= 15 is 0 Å². The maximum atomic E-state index is 13.1. The van der Waals surface area contributed by atoms with Crippen molar-refractivity contribution < 1.29 is 59.3 Å². The number of ether oxygens (including phenoxy) is 1. The molecule has 0 bridgehead atoms. The van der Waals surface area contributed by atoms with Gasteiger partial charge in [-0.25, -0.2) is 13.1 Å². The van der Waals surface area contributed by atoms with Crippen LogP contribution in [-0.2, 0) is 43.0 Å². The molecule has 0 radical (unpaired) electrons. The number of halogens is 5. The Morgan fingerprint density at radius 3 is 2.31 bits per heavy atom. The number of aliphatic carboxylic acids is 1. The zero-order valence-electron chi connectivity index (χ0n) is 19.5. The van der Waals surface area contributed by atoms with Gasteiger partial charge in [0, 0.05) is 26.3 Å². The number of carboxylic acids is 1. The zero-order valence-corrected chi connectivity index (χ0v) is 21.2. The number of carboxylic acid groups (broad SMARTS) is 1. The largest absolute Gasteiger partial charge is 0.480 e. The normalized spacial score (nSPS) is 17.9. The second-order valence-electron chi connectivity index (χ2n) is 8.41. The highest BCUT2D eigenvalue weighted by atomic mass is 32.2. The number of nitrogens with two attached hydrogens (primary N) is 1. The number of alkyl halides is 5. The number of sulfone groups is 1. The zero-order chi connectivity index (χ0) is 28.3.